The quantitative estimate of drug-likeness (QED) is 0.811. The Hall–Kier alpha value is -1.29. The summed E-state index contributed by atoms with van der Waals surface area (Å²) in [5.41, 5.74) is 3.30. The Bertz CT molecular complexity index is 468. The van der Waals surface area contributed by atoms with Crippen molar-refractivity contribution in [2.24, 2.45) is 4.99 Å². The molecule has 1 aliphatic heterocycles. The second kappa shape index (κ2) is 4.29. The van der Waals surface area contributed by atoms with Gasteiger partial charge >= 0.3 is 0 Å². The van der Waals surface area contributed by atoms with Crippen LogP contribution in [0.1, 0.15) is 18.1 Å². The number of carbonyl (C=O) groups is 1. The summed E-state index contributed by atoms with van der Waals surface area (Å²) in [5, 5.41) is 3.43. The second-order valence-corrected chi connectivity index (χ2v) is 5.21. The van der Waals surface area contributed by atoms with Gasteiger partial charge in [-0.2, -0.15) is 0 Å². The van der Waals surface area contributed by atoms with Gasteiger partial charge in [-0.25, -0.2) is 4.99 Å². The van der Waals surface area contributed by atoms with Crippen LogP contribution in [0.2, 0.25) is 0 Å². The number of aliphatic imine (C=N–C) groups is 1. The van der Waals surface area contributed by atoms with Crippen molar-refractivity contribution < 1.29 is 4.79 Å². The zero-order valence-electron chi connectivity index (χ0n) is 9.57. The molecule has 0 aromatic heterocycles. The highest BCUT2D eigenvalue weighted by Crippen LogP contribution is 2.25. The first kappa shape index (κ1) is 11.2. The summed E-state index contributed by atoms with van der Waals surface area (Å²) in [6, 6.07) is 6.00. The van der Waals surface area contributed by atoms with Crippen LogP contribution in [0.5, 0.6) is 0 Å². The molecule has 4 heteroatoms. The second-order valence-electron chi connectivity index (χ2n) is 3.89. The van der Waals surface area contributed by atoms with Crippen LogP contribution in [0.3, 0.4) is 0 Å². The third-order valence-electron chi connectivity index (χ3n) is 2.69. The van der Waals surface area contributed by atoms with E-state index in [0.717, 1.165) is 11.3 Å². The fourth-order valence-electron chi connectivity index (χ4n) is 1.48. The molecule has 1 saturated heterocycles. The first-order valence-electron chi connectivity index (χ1n) is 5.20. The van der Waals surface area contributed by atoms with E-state index in [1.807, 2.05) is 26.0 Å². The molecule has 16 heavy (non-hydrogen) atoms. The summed E-state index contributed by atoms with van der Waals surface area (Å²) in [4.78, 5) is 15.8. The predicted molar refractivity (Wildman–Crippen MR) is 68.2 cm³/mol. The van der Waals surface area contributed by atoms with E-state index in [1.165, 1.54) is 17.3 Å². The summed E-state index contributed by atoms with van der Waals surface area (Å²) >= 11 is 1.47. The topological polar surface area (TPSA) is 41.5 Å². The molecule has 0 aliphatic carbocycles. The SMILES string of the molecule is Cc1cccc(N=C2NC(=O)[C@H](C)S2)c1C. The van der Waals surface area contributed by atoms with Crippen LogP contribution in [-0.4, -0.2) is 16.3 Å². The van der Waals surface area contributed by atoms with Gasteiger partial charge in [0.1, 0.15) is 0 Å². The van der Waals surface area contributed by atoms with Crippen molar-refractivity contribution in [3.8, 4) is 0 Å². The normalized spacial score (nSPS) is 22.6. The zero-order valence-corrected chi connectivity index (χ0v) is 10.4. The molecule has 1 aromatic carbocycles. The minimum absolute atomic E-state index is 0.0362. The third-order valence-corrected chi connectivity index (χ3v) is 3.67. The van der Waals surface area contributed by atoms with E-state index in [-0.39, 0.29) is 11.2 Å². The molecular formula is C12H14N2OS. The monoisotopic (exact) mass is 234 g/mol. The molecular weight excluding hydrogens is 220 g/mol. The van der Waals surface area contributed by atoms with Crippen molar-refractivity contribution in [3.05, 3.63) is 29.3 Å². The van der Waals surface area contributed by atoms with E-state index in [9.17, 15) is 4.79 Å². The van der Waals surface area contributed by atoms with E-state index >= 15 is 0 Å². The standard InChI is InChI=1S/C12H14N2OS/c1-7-5-4-6-10(8(7)2)13-12-14-11(15)9(3)16-12/h4-6,9H,1-3H3,(H,13,14,15)/t9-/m0/s1. The summed E-state index contributed by atoms with van der Waals surface area (Å²) in [7, 11) is 0. The number of nitrogens with one attached hydrogen (secondary N) is 1. The molecule has 1 heterocycles. The number of hydrogen-bond acceptors (Lipinski definition) is 3. The molecule has 0 unspecified atom stereocenters. The number of amides is 1. The highest BCUT2D eigenvalue weighted by Gasteiger charge is 2.25. The first-order chi connectivity index (χ1) is 7.58. The van der Waals surface area contributed by atoms with Gasteiger partial charge < -0.3 is 5.32 Å². The number of nitrogens with zero attached hydrogens (tertiary/aromatic N) is 1. The molecule has 3 nitrogen and oxygen atoms in total. The predicted octanol–water partition coefficient (Wildman–Crippen LogP) is 2.54. The van der Waals surface area contributed by atoms with Crippen molar-refractivity contribution in [3.63, 3.8) is 0 Å². The van der Waals surface area contributed by atoms with Gasteiger partial charge in [0.25, 0.3) is 0 Å². The Morgan fingerprint density at radius 3 is 2.75 bits per heavy atom. The Labute approximate surface area is 99.3 Å². The maximum atomic E-state index is 11.3. The Morgan fingerprint density at radius 2 is 2.12 bits per heavy atom. The fraction of sp³-hybridized carbons (Fsp3) is 0.333. The van der Waals surface area contributed by atoms with Crippen LogP contribution in [0.25, 0.3) is 0 Å². The van der Waals surface area contributed by atoms with Crippen LogP contribution >= 0.6 is 11.8 Å². The maximum Gasteiger partial charge on any atom is 0.239 e. The molecule has 0 radical (unpaired) electrons. The van der Waals surface area contributed by atoms with Gasteiger partial charge in [-0.1, -0.05) is 23.9 Å². The molecule has 84 valence electrons. The minimum Gasteiger partial charge on any atom is -0.304 e. The van der Waals surface area contributed by atoms with E-state index in [2.05, 4.69) is 23.3 Å². The van der Waals surface area contributed by atoms with Gasteiger partial charge in [0.2, 0.25) is 5.91 Å². The average Bonchev–Trinajstić information content (AvgIpc) is 2.54. The van der Waals surface area contributed by atoms with Gasteiger partial charge in [-0.05, 0) is 38.0 Å². The van der Waals surface area contributed by atoms with Crippen molar-refractivity contribution in [1.82, 2.24) is 5.32 Å². The van der Waals surface area contributed by atoms with Crippen LogP contribution in [0.15, 0.2) is 23.2 Å². The summed E-state index contributed by atoms with van der Waals surface area (Å²) in [6.07, 6.45) is 0. The maximum absolute atomic E-state index is 11.3. The van der Waals surface area contributed by atoms with Crippen LogP contribution in [0.4, 0.5) is 5.69 Å². The molecule has 0 bridgehead atoms. The Morgan fingerprint density at radius 1 is 1.38 bits per heavy atom. The molecule has 1 aromatic rings. The molecule has 1 N–H and O–H groups in total. The van der Waals surface area contributed by atoms with Crippen molar-refractivity contribution >= 4 is 28.5 Å². The van der Waals surface area contributed by atoms with Crippen LogP contribution < -0.4 is 5.32 Å². The lowest BCUT2D eigenvalue weighted by molar-refractivity contribution is -0.118. The van der Waals surface area contributed by atoms with Crippen LogP contribution in [0, 0.1) is 13.8 Å². The highest BCUT2D eigenvalue weighted by molar-refractivity contribution is 8.15. The number of rotatable bonds is 1. The summed E-state index contributed by atoms with van der Waals surface area (Å²) < 4.78 is 0. The molecule has 1 fully saturated rings. The highest BCUT2D eigenvalue weighted by atomic mass is 32.2. The van der Waals surface area contributed by atoms with Gasteiger partial charge in [0.05, 0.1) is 10.9 Å². The van der Waals surface area contributed by atoms with Gasteiger partial charge in [-0.3, -0.25) is 4.79 Å². The summed E-state index contributed by atoms with van der Waals surface area (Å²) in [6.45, 7) is 5.98. The lowest BCUT2D eigenvalue weighted by Crippen LogP contribution is -2.23. The van der Waals surface area contributed by atoms with E-state index in [0.29, 0.717) is 5.17 Å². The molecule has 1 aliphatic rings. The number of hydrogen-bond donors (Lipinski definition) is 1. The van der Waals surface area contributed by atoms with E-state index in [1.54, 1.807) is 0 Å². The summed E-state index contributed by atoms with van der Waals surface area (Å²) in [5.74, 6) is 0.0362. The van der Waals surface area contributed by atoms with Crippen molar-refractivity contribution in [2.75, 3.05) is 0 Å². The number of benzene rings is 1. The lowest BCUT2D eigenvalue weighted by atomic mass is 10.1. The molecule has 2 rings (SSSR count). The molecule has 0 saturated carbocycles. The fourth-order valence-corrected chi connectivity index (χ4v) is 2.29. The van der Waals surface area contributed by atoms with Crippen LogP contribution in [-0.2, 0) is 4.79 Å². The largest absolute Gasteiger partial charge is 0.304 e. The van der Waals surface area contributed by atoms with Gasteiger partial charge in [0.15, 0.2) is 5.17 Å². The van der Waals surface area contributed by atoms with E-state index in [4.69, 9.17) is 0 Å². The Kier molecular flexibility index (Phi) is 3.01. The number of thioether (sulfide) groups is 1. The molecule has 1 amide bonds. The van der Waals surface area contributed by atoms with Crippen molar-refractivity contribution in [2.45, 2.75) is 26.0 Å². The zero-order chi connectivity index (χ0) is 11.7. The Balaban J connectivity index is 2.30. The van der Waals surface area contributed by atoms with E-state index < -0.39 is 0 Å². The smallest absolute Gasteiger partial charge is 0.239 e. The molecule has 1 atom stereocenters. The lowest BCUT2D eigenvalue weighted by Gasteiger charge is -2.04. The first-order valence-corrected chi connectivity index (χ1v) is 6.08. The van der Waals surface area contributed by atoms with Crippen molar-refractivity contribution in [1.29, 1.82) is 0 Å². The van der Waals surface area contributed by atoms with Gasteiger partial charge in [-0.15, -0.1) is 0 Å². The third kappa shape index (κ3) is 2.11. The number of amidine groups is 1. The number of carbonyl (C=O) groups excluding carboxylic acids is 1. The minimum atomic E-state index is -0.0381. The van der Waals surface area contributed by atoms with Gasteiger partial charge in [0, 0.05) is 0 Å². The molecule has 0 spiro atoms. The number of aryl methyl sites for hydroxylation is 1. The average molecular weight is 234 g/mol.